The van der Waals surface area contributed by atoms with Crippen molar-refractivity contribution in [1.29, 1.82) is 0 Å². The van der Waals surface area contributed by atoms with Gasteiger partial charge in [0.2, 0.25) is 17.9 Å². The van der Waals surface area contributed by atoms with Crippen molar-refractivity contribution >= 4 is 23.7 Å². The van der Waals surface area contributed by atoms with Crippen molar-refractivity contribution in [3.05, 3.63) is 11.8 Å². The van der Waals surface area contributed by atoms with Gasteiger partial charge in [0, 0.05) is 11.8 Å². The lowest BCUT2D eigenvalue weighted by Gasteiger charge is -2.05. The van der Waals surface area contributed by atoms with E-state index in [-0.39, 0.29) is 17.9 Å². The van der Waals surface area contributed by atoms with E-state index in [1.807, 2.05) is 0 Å². The Morgan fingerprint density at radius 1 is 1.12 bits per heavy atom. The molecule has 0 saturated carbocycles. The highest BCUT2D eigenvalue weighted by molar-refractivity contribution is 5.77. The van der Waals surface area contributed by atoms with E-state index in [9.17, 15) is 0 Å². The van der Waals surface area contributed by atoms with E-state index in [0.29, 0.717) is 5.82 Å². The molecule has 17 heavy (non-hydrogen) atoms. The summed E-state index contributed by atoms with van der Waals surface area (Å²) in [6.07, 6.45) is 1.56. The van der Waals surface area contributed by atoms with Gasteiger partial charge in [-0.3, -0.25) is 5.43 Å². The van der Waals surface area contributed by atoms with Gasteiger partial charge in [-0.05, 0) is 6.92 Å². The largest absolute Gasteiger partial charge is 0.369 e. The molecule has 10 N–H and O–H groups in total. The summed E-state index contributed by atoms with van der Waals surface area (Å²) in [7, 11) is 0. The average Bonchev–Trinajstić information content (AvgIpc) is 2.26. The smallest absolute Gasteiger partial charge is 0.245 e. The molecule has 1 aromatic heterocycles. The number of nitrogens with two attached hydrogens (primary N) is 4. The van der Waals surface area contributed by atoms with Gasteiger partial charge in [-0.15, -0.1) is 10.2 Å². The molecule has 0 amide bonds. The van der Waals surface area contributed by atoms with Crippen LogP contribution < -0.4 is 33.8 Å². The quantitative estimate of drug-likeness (QED) is 0.197. The number of nitrogens with one attached hydrogen (secondary N) is 2. The Morgan fingerprint density at radius 2 is 1.71 bits per heavy atom. The molecule has 10 nitrogen and oxygen atoms in total. The normalized spacial score (nSPS) is 9.24. The number of hydrogen-bond acceptors (Lipinski definition) is 6. The van der Waals surface area contributed by atoms with Crippen molar-refractivity contribution < 1.29 is 0 Å². The minimum absolute atomic E-state index is 0.109. The van der Waals surface area contributed by atoms with E-state index in [0.717, 1.165) is 5.56 Å². The Balaban J connectivity index is 2.86. The number of anilines is 2. The van der Waals surface area contributed by atoms with Crippen LogP contribution in [0.4, 0.5) is 11.8 Å². The predicted molar refractivity (Wildman–Crippen MR) is 65.6 cm³/mol. The third-order valence-corrected chi connectivity index (χ3v) is 1.55. The van der Waals surface area contributed by atoms with E-state index >= 15 is 0 Å². The van der Waals surface area contributed by atoms with Crippen molar-refractivity contribution in [1.82, 2.24) is 9.97 Å². The zero-order valence-corrected chi connectivity index (χ0v) is 9.18. The Labute approximate surface area is 97.2 Å². The monoisotopic (exact) mass is 238 g/mol. The molecule has 0 bridgehead atoms. The molecule has 0 atom stereocenters. The summed E-state index contributed by atoms with van der Waals surface area (Å²) in [5.41, 5.74) is 26.4. The lowest BCUT2D eigenvalue weighted by molar-refractivity contribution is 1.07. The minimum Gasteiger partial charge on any atom is -0.369 e. The first-order valence-corrected chi connectivity index (χ1v) is 4.52. The number of aryl methyl sites for hydroxylation is 1. The second kappa shape index (κ2) is 5.34. The van der Waals surface area contributed by atoms with E-state index < -0.39 is 0 Å². The number of aromatic nitrogens is 2. The van der Waals surface area contributed by atoms with Crippen molar-refractivity contribution in [2.75, 3.05) is 10.9 Å². The Hall–Kier alpha value is -2.78. The summed E-state index contributed by atoms with van der Waals surface area (Å²) in [6.45, 7) is 1.79. The van der Waals surface area contributed by atoms with Crippen LogP contribution in [0.1, 0.15) is 5.56 Å². The highest BCUT2D eigenvalue weighted by Gasteiger charge is 2.02. The SMILES string of the molecule is Cc1cnc(NN=C(N)N)nc1NN=C(N)N. The minimum atomic E-state index is -0.132. The van der Waals surface area contributed by atoms with Gasteiger partial charge in [0.05, 0.1) is 0 Å². The summed E-state index contributed by atoms with van der Waals surface area (Å²) in [5.74, 6) is 0.397. The zero-order chi connectivity index (χ0) is 12.8. The number of hydrogen-bond donors (Lipinski definition) is 6. The predicted octanol–water partition coefficient (Wildman–Crippen LogP) is -2.01. The van der Waals surface area contributed by atoms with Crippen LogP contribution in [0, 0.1) is 6.92 Å². The summed E-state index contributed by atoms with van der Waals surface area (Å²) in [4.78, 5) is 7.99. The zero-order valence-electron chi connectivity index (χ0n) is 9.18. The van der Waals surface area contributed by atoms with E-state index in [4.69, 9.17) is 22.9 Å². The summed E-state index contributed by atoms with van der Waals surface area (Å²) < 4.78 is 0. The summed E-state index contributed by atoms with van der Waals surface area (Å²) in [6, 6.07) is 0. The van der Waals surface area contributed by atoms with Crippen LogP contribution in [-0.2, 0) is 0 Å². The molecule has 0 unspecified atom stereocenters. The second-order valence-corrected chi connectivity index (χ2v) is 3.02. The molecule has 10 heteroatoms. The lowest BCUT2D eigenvalue weighted by Crippen LogP contribution is -2.24. The summed E-state index contributed by atoms with van der Waals surface area (Å²) in [5, 5.41) is 7.16. The molecular weight excluding hydrogens is 224 g/mol. The third kappa shape index (κ3) is 4.07. The van der Waals surface area contributed by atoms with Gasteiger partial charge in [-0.2, -0.15) is 4.98 Å². The van der Waals surface area contributed by atoms with Crippen LogP contribution in [0.3, 0.4) is 0 Å². The molecule has 0 aromatic carbocycles. The van der Waals surface area contributed by atoms with Crippen molar-refractivity contribution in [3.63, 3.8) is 0 Å². The van der Waals surface area contributed by atoms with Gasteiger partial charge in [0.1, 0.15) is 0 Å². The third-order valence-electron chi connectivity index (χ3n) is 1.55. The van der Waals surface area contributed by atoms with Gasteiger partial charge in [0.15, 0.2) is 5.82 Å². The first-order valence-electron chi connectivity index (χ1n) is 4.52. The van der Waals surface area contributed by atoms with Crippen LogP contribution in [0.2, 0.25) is 0 Å². The first-order chi connectivity index (χ1) is 7.99. The fourth-order valence-electron chi connectivity index (χ4n) is 0.841. The van der Waals surface area contributed by atoms with Gasteiger partial charge in [-0.1, -0.05) is 0 Å². The fourth-order valence-corrected chi connectivity index (χ4v) is 0.841. The van der Waals surface area contributed by atoms with Gasteiger partial charge < -0.3 is 22.9 Å². The van der Waals surface area contributed by atoms with E-state index in [1.54, 1.807) is 13.1 Å². The standard InChI is InChI=1S/C7H14N10/c1-3-2-12-7(17-16-6(10)11)13-4(3)14-15-5(8)9/h2H,1H3,(H4,8,9,15)(H4,10,11,16)(H2,12,13,14,17). The van der Waals surface area contributed by atoms with Crippen LogP contribution in [0.15, 0.2) is 16.4 Å². The lowest BCUT2D eigenvalue weighted by atomic mass is 10.3. The van der Waals surface area contributed by atoms with Crippen LogP contribution in [0.5, 0.6) is 0 Å². The molecule has 0 fully saturated rings. The van der Waals surface area contributed by atoms with Gasteiger partial charge in [-0.25, -0.2) is 10.4 Å². The Bertz CT molecular complexity index is 442. The van der Waals surface area contributed by atoms with Crippen LogP contribution >= 0.6 is 0 Å². The molecule has 0 radical (unpaired) electrons. The average molecular weight is 238 g/mol. The highest BCUT2D eigenvalue weighted by Crippen LogP contribution is 2.12. The van der Waals surface area contributed by atoms with Crippen LogP contribution in [-0.4, -0.2) is 21.9 Å². The number of rotatable bonds is 4. The molecule has 92 valence electrons. The maximum absolute atomic E-state index is 5.18. The molecular formula is C7H14N10. The number of hydrazone groups is 2. The molecule has 0 aliphatic carbocycles. The van der Waals surface area contributed by atoms with Crippen molar-refractivity contribution in [3.8, 4) is 0 Å². The maximum atomic E-state index is 5.18. The maximum Gasteiger partial charge on any atom is 0.245 e. The Morgan fingerprint density at radius 3 is 2.29 bits per heavy atom. The molecule has 1 aromatic rings. The summed E-state index contributed by atoms with van der Waals surface area (Å²) >= 11 is 0. The first kappa shape index (κ1) is 12.3. The molecule has 0 aliphatic rings. The van der Waals surface area contributed by atoms with Crippen molar-refractivity contribution in [2.45, 2.75) is 6.92 Å². The van der Waals surface area contributed by atoms with Gasteiger partial charge in [0.25, 0.3) is 0 Å². The van der Waals surface area contributed by atoms with E-state index in [2.05, 4.69) is 31.0 Å². The Kier molecular flexibility index (Phi) is 3.86. The van der Waals surface area contributed by atoms with Crippen LogP contribution in [0.25, 0.3) is 0 Å². The van der Waals surface area contributed by atoms with Crippen molar-refractivity contribution in [2.24, 2.45) is 33.1 Å². The molecule has 1 heterocycles. The van der Waals surface area contributed by atoms with E-state index in [1.165, 1.54) is 0 Å². The molecule has 1 rings (SSSR count). The number of guanidine groups is 2. The topological polar surface area (TPSA) is 179 Å². The molecule has 0 aliphatic heterocycles. The second-order valence-electron chi connectivity index (χ2n) is 3.02. The molecule has 0 spiro atoms. The highest BCUT2D eigenvalue weighted by atomic mass is 15.4. The molecule has 0 saturated heterocycles. The fraction of sp³-hybridized carbons (Fsp3) is 0.143. The van der Waals surface area contributed by atoms with Gasteiger partial charge >= 0.3 is 0 Å². The number of nitrogens with zero attached hydrogens (tertiary/aromatic N) is 4.